The molecule has 1 fully saturated rings. The predicted molar refractivity (Wildman–Crippen MR) is 55.6 cm³/mol. The topological polar surface area (TPSA) is 88.8 Å². The van der Waals surface area contributed by atoms with Crippen LogP contribution >= 0.6 is 0 Å². The van der Waals surface area contributed by atoms with Crippen molar-refractivity contribution in [2.24, 2.45) is 11.7 Å². The van der Waals surface area contributed by atoms with Gasteiger partial charge in [0.2, 0.25) is 5.89 Å². The summed E-state index contributed by atoms with van der Waals surface area (Å²) in [5, 5.41) is 11.2. The minimum atomic E-state index is 0.255. The molecule has 1 aliphatic rings. The van der Waals surface area contributed by atoms with E-state index in [1.807, 2.05) is 6.92 Å². The lowest BCUT2D eigenvalue weighted by Crippen LogP contribution is -2.26. The molecule has 3 N–H and O–H groups in total. The molecule has 82 valence electrons. The molecular weight excluding hydrogens is 192 g/mol. The highest BCUT2D eigenvalue weighted by molar-refractivity contribution is 5.79. The normalized spacial score (nSPS) is 26.5. The van der Waals surface area contributed by atoms with Crippen LogP contribution in [0.4, 0.5) is 0 Å². The van der Waals surface area contributed by atoms with Crippen LogP contribution in [0.5, 0.6) is 0 Å². The molecule has 1 aromatic heterocycles. The average Bonchev–Trinajstić information content (AvgIpc) is 2.65. The van der Waals surface area contributed by atoms with Crippen LogP contribution in [0, 0.1) is 18.3 Å². The summed E-state index contributed by atoms with van der Waals surface area (Å²) in [5.74, 6) is 2.37. The first-order chi connectivity index (χ1) is 7.16. The summed E-state index contributed by atoms with van der Waals surface area (Å²) < 4.78 is 5.15. The van der Waals surface area contributed by atoms with Gasteiger partial charge in [0.25, 0.3) is 0 Å². The summed E-state index contributed by atoms with van der Waals surface area (Å²) in [5.41, 5.74) is 5.49. The minimum absolute atomic E-state index is 0.255. The van der Waals surface area contributed by atoms with Crippen molar-refractivity contribution < 1.29 is 4.52 Å². The van der Waals surface area contributed by atoms with E-state index >= 15 is 0 Å². The van der Waals surface area contributed by atoms with E-state index in [-0.39, 0.29) is 5.92 Å². The Morgan fingerprint density at radius 2 is 2.07 bits per heavy atom. The fraction of sp³-hybridized carbons (Fsp3) is 0.700. The van der Waals surface area contributed by atoms with Gasteiger partial charge >= 0.3 is 0 Å². The molecule has 0 aliphatic heterocycles. The second-order valence-corrected chi connectivity index (χ2v) is 4.18. The van der Waals surface area contributed by atoms with E-state index in [9.17, 15) is 0 Å². The monoisotopic (exact) mass is 208 g/mol. The molecule has 1 saturated carbocycles. The molecule has 1 aromatic rings. The second kappa shape index (κ2) is 4.00. The maximum atomic E-state index is 7.39. The van der Waals surface area contributed by atoms with Crippen LogP contribution < -0.4 is 5.73 Å². The summed E-state index contributed by atoms with van der Waals surface area (Å²) in [4.78, 5) is 4.24. The predicted octanol–water partition coefficient (Wildman–Crippen LogP) is 1.59. The molecule has 5 nitrogen and oxygen atoms in total. The Morgan fingerprint density at radius 1 is 1.40 bits per heavy atom. The van der Waals surface area contributed by atoms with E-state index in [2.05, 4.69) is 10.1 Å². The molecule has 0 saturated heterocycles. The van der Waals surface area contributed by atoms with Crippen LogP contribution in [-0.4, -0.2) is 16.0 Å². The molecule has 0 radical (unpaired) electrons. The molecule has 0 aromatic carbocycles. The molecule has 2 rings (SSSR count). The summed E-state index contributed by atoms with van der Waals surface area (Å²) >= 11 is 0. The Balaban J connectivity index is 1.96. The van der Waals surface area contributed by atoms with E-state index in [4.69, 9.17) is 15.7 Å². The van der Waals surface area contributed by atoms with Crippen LogP contribution in [0.15, 0.2) is 4.52 Å². The molecule has 0 spiro atoms. The first-order valence-electron chi connectivity index (χ1n) is 5.31. The van der Waals surface area contributed by atoms with Gasteiger partial charge in [-0.3, -0.25) is 5.41 Å². The highest BCUT2D eigenvalue weighted by Gasteiger charge is 2.27. The number of hydrogen-bond donors (Lipinski definition) is 2. The zero-order chi connectivity index (χ0) is 10.8. The van der Waals surface area contributed by atoms with Gasteiger partial charge in [-0.05, 0) is 32.6 Å². The fourth-order valence-corrected chi connectivity index (χ4v) is 2.13. The largest absolute Gasteiger partial charge is 0.387 e. The van der Waals surface area contributed by atoms with Gasteiger partial charge in [-0.15, -0.1) is 0 Å². The number of nitrogens with zero attached hydrogens (tertiary/aromatic N) is 2. The summed E-state index contributed by atoms with van der Waals surface area (Å²) in [7, 11) is 0. The SMILES string of the molecule is Cc1noc(C2CCC(C(=N)N)CC2)n1. The van der Waals surface area contributed by atoms with Crippen LogP contribution in [0.3, 0.4) is 0 Å². The Morgan fingerprint density at radius 3 is 2.53 bits per heavy atom. The number of nitrogens with two attached hydrogens (primary N) is 1. The Bertz CT molecular complexity index is 352. The third kappa shape index (κ3) is 2.16. The van der Waals surface area contributed by atoms with Crippen molar-refractivity contribution in [3.8, 4) is 0 Å². The van der Waals surface area contributed by atoms with Gasteiger partial charge in [0.05, 0.1) is 5.84 Å². The fourth-order valence-electron chi connectivity index (χ4n) is 2.13. The van der Waals surface area contributed by atoms with Gasteiger partial charge in [-0.25, -0.2) is 0 Å². The number of aryl methyl sites for hydroxylation is 1. The molecule has 15 heavy (non-hydrogen) atoms. The lowest BCUT2D eigenvalue weighted by Gasteiger charge is -2.25. The van der Waals surface area contributed by atoms with Gasteiger partial charge in [-0.1, -0.05) is 5.16 Å². The molecule has 0 atom stereocenters. The zero-order valence-corrected chi connectivity index (χ0v) is 8.86. The van der Waals surface area contributed by atoms with Gasteiger partial charge < -0.3 is 10.3 Å². The number of amidine groups is 1. The smallest absolute Gasteiger partial charge is 0.229 e. The first kappa shape index (κ1) is 10.1. The van der Waals surface area contributed by atoms with Gasteiger partial charge in [0, 0.05) is 11.8 Å². The highest BCUT2D eigenvalue weighted by Crippen LogP contribution is 2.34. The summed E-state index contributed by atoms with van der Waals surface area (Å²) in [6.07, 6.45) is 3.90. The van der Waals surface area contributed by atoms with E-state index in [0.29, 0.717) is 17.6 Å². The molecule has 0 bridgehead atoms. The van der Waals surface area contributed by atoms with Crippen molar-refractivity contribution in [3.63, 3.8) is 0 Å². The van der Waals surface area contributed by atoms with Crippen LogP contribution in [-0.2, 0) is 0 Å². The second-order valence-electron chi connectivity index (χ2n) is 4.18. The highest BCUT2D eigenvalue weighted by atomic mass is 16.5. The standard InChI is InChI=1S/C10H16N4O/c1-6-13-10(15-14-6)8-4-2-7(3-5-8)9(11)12/h7-8H,2-5H2,1H3,(H3,11,12). The molecule has 5 heteroatoms. The molecule has 0 amide bonds. The third-order valence-electron chi connectivity index (χ3n) is 3.06. The van der Waals surface area contributed by atoms with E-state index in [0.717, 1.165) is 31.6 Å². The Kier molecular flexibility index (Phi) is 2.70. The number of hydrogen-bond acceptors (Lipinski definition) is 4. The Labute approximate surface area is 88.6 Å². The summed E-state index contributed by atoms with van der Waals surface area (Å²) in [6.45, 7) is 1.83. The van der Waals surface area contributed by atoms with Crippen LogP contribution in [0.2, 0.25) is 0 Å². The average molecular weight is 208 g/mol. The Hall–Kier alpha value is -1.39. The van der Waals surface area contributed by atoms with Crippen LogP contribution in [0.25, 0.3) is 0 Å². The first-order valence-corrected chi connectivity index (χ1v) is 5.31. The van der Waals surface area contributed by atoms with Crippen molar-refractivity contribution >= 4 is 5.84 Å². The molecule has 1 aliphatic carbocycles. The van der Waals surface area contributed by atoms with E-state index in [1.165, 1.54) is 0 Å². The maximum absolute atomic E-state index is 7.39. The van der Waals surface area contributed by atoms with Crippen molar-refractivity contribution in [2.75, 3.05) is 0 Å². The van der Waals surface area contributed by atoms with Crippen molar-refractivity contribution in [2.45, 2.75) is 38.5 Å². The van der Waals surface area contributed by atoms with Gasteiger partial charge in [0.1, 0.15) is 0 Å². The maximum Gasteiger partial charge on any atom is 0.229 e. The number of aromatic nitrogens is 2. The van der Waals surface area contributed by atoms with E-state index in [1.54, 1.807) is 0 Å². The lowest BCUT2D eigenvalue weighted by atomic mass is 9.81. The molecule has 1 heterocycles. The minimum Gasteiger partial charge on any atom is -0.387 e. The molecular formula is C10H16N4O. The van der Waals surface area contributed by atoms with E-state index < -0.39 is 0 Å². The number of rotatable bonds is 2. The summed E-state index contributed by atoms with van der Waals surface area (Å²) in [6, 6.07) is 0. The molecule has 0 unspecified atom stereocenters. The van der Waals surface area contributed by atoms with Crippen molar-refractivity contribution in [1.82, 2.24) is 10.1 Å². The lowest BCUT2D eigenvalue weighted by molar-refractivity contribution is 0.297. The quantitative estimate of drug-likeness (QED) is 0.570. The zero-order valence-electron chi connectivity index (χ0n) is 8.86. The van der Waals surface area contributed by atoms with Crippen molar-refractivity contribution in [3.05, 3.63) is 11.7 Å². The van der Waals surface area contributed by atoms with Gasteiger partial charge in [-0.2, -0.15) is 4.98 Å². The number of nitrogens with one attached hydrogen (secondary N) is 1. The third-order valence-corrected chi connectivity index (χ3v) is 3.06. The van der Waals surface area contributed by atoms with Gasteiger partial charge in [0.15, 0.2) is 5.82 Å². The van der Waals surface area contributed by atoms with Crippen molar-refractivity contribution in [1.29, 1.82) is 5.41 Å². The van der Waals surface area contributed by atoms with Crippen LogP contribution in [0.1, 0.15) is 43.3 Å².